The van der Waals surface area contributed by atoms with E-state index in [2.05, 4.69) is 8.91 Å². The smallest absolute Gasteiger partial charge is 0.264 e. The van der Waals surface area contributed by atoms with E-state index in [1.807, 2.05) is 18.2 Å². The number of nitrogens with zero attached hydrogens (tertiary/aromatic N) is 1. The average Bonchev–Trinajstić information content (AvgIpc) is 2.48. The van der Waals surface area contributed by atoms with Crippen molar-refractivity contribution in [2.24, 2.45) is 0 Å². The van der Waals surface area contributed by atoms with Crippen LogP contribution in [0.25, 0.3) is 0 Å². The highest BCUT2D eigenvalue weighted by Crippen LogP contribution is 2.08. The van der Waals surface area contributed by atoms with Gasteiger partial charge in [0, 0.05) is 6.54 Å². The molecule has 1 aromatic rings. The highest BCUT2D eigenvalue weighted by Gasteiger charge is 2.10. The van der Waals surface area contributed by atoms with Gasteiger partial charge in [0.15, 0.2) is 0 Å². The summed E-state index contributed by atoms with van der Waals surface area (Å²) in [5, 5.41) is 8.70. The molecule has 9 heteroatoms. The van der Waals surface area contributed by atoms with E-state index < -0.39 is 20.1 Å². The third-order valence-corrected chi connectivity index (χ3v) is 5.00. The zero-order valence-electron chi connectivity index (χ0n) is 12.9. The summed E-state index contributed by atoms with van der Waals surface area (Å²) in [4.78, 5) is 0. The van der Waals surface area contributed by atoms with E-state index in [0.29, 0.717) is 18.4 Å². The van der Waals surface area contributed by atoms with Crippen LogP contribution in [0, 0.1) is 11.3 Å². The normalized spacial score (nSPS) is 12.0. The minimum absolute atomic E-state index is 0.0256. The fourth-order valence-electron chi connectivity index (χ4n) is 1.83. The summed E-state index contributed by atoms with van der Waals surface area (Å²) in [5.74, 6) is -0.0256. The summed E-state index contributed by atoms with van der Waals surface area (Å²) in [6.07, 6.45) is 2.83. The summed E-state index contributed by atoms with van der Waals surface area (Å²) in [6, 6.07) is 9.21. The summed E-state index contributed by atoms with van der Waals surface area (Å²) in [5.41, 5.74) is 1.65. The first-order valence-electron chi connectivity index (χ1n) is 7.03. The Bertz CT molecular complexity index is 734. The fraction of sp³-hybridized carbons (Fsp3) is 0.500. The Morgan fingerprint density at radius 2 is 1.78 bits per heavy atom. The molecule has 0 heterocycles. The first-order chi connectivity index (χ1) is 10.7. The summed E-state index contributed by atoms with van der Waals surface area (Å²) in [6.45, 7) is -0.297. The number of aryl methyl sites for hydroxylation is 1. The van der Waals surface area contributed by atoms with Crippen LogP contribution in [0.5, 0.6) is 0 Å². The molecule has 0 aliphatic carbocycles. The molecule has 0 saturated heterocycles. The maximum Gasteiger partial charge on any atom is 0.264 e. The number of hydrogen-bond acceptors (Lipinski definition) is 6. The van der Waals surface area contributed by atoms with Gasteiger partial charge in [0.05, 0.1) is 30.2 Å². The molecule has 128 valence electrons. The summed E-state index contributed by atoms with van der Waals surface area (Å²) >= 11 is 0. The number of unbranched alkanes of at least 4 members (excludes halogenated alkanes) is 1. The molecule has 0 aliphatic heterocycles. The molecular weight excluding hydrogens is 340 g/mol. The van der Waals surface area contributed by atoms with Gasteiger partial charge in [-0.3, -0.25) is 4.18 Å². The molecule has 0 amide bonds. The molecule has 1 rings (SSSR count). The van der Waals surface area contributed by atoms with Crippen LogP contribution in [-0.4, -0.2) is 42.0 Å². The van der Waals surface area contributed by atoms with Crippen LogP contribution in [0.4, 0.5) is 0 Å². The monoisotopic (exact) mass is 360 g/mol. The zero-order chi connectivity index (χ0) is 17.3. The minimum Gasteiger partial charge on any atom is -0.269 e. The lowest BCUT2D eigenvalue weighted by Gasteiger charge is -2.07. The Kier molecular flexibility index (Phi) is 7.64. The number of hydrogen-bond donors (Lipinski definition) is 1. The van der Waals surface area contributed by atoms with Gasteiger partial charge in [-0.15, -0.1) is 0 Å². The molecule has 0 fully saturated rings. The van der Waals surface area contributed by atoms with Crippen LogP contribution in [0.3, 0.4) is 0 Å². The van der Waals surface area contributed by atoms with E-state index in [4.69, 9.17) is 5.26 Å². The van der Waals surface area contributed by atoms with Crippen molar-refractivity contribution in [1.82, 2.24) is 4.72 Å². The number of sulfonamides is 1. The van der Waals surface area contributed by atoms with Crippen LogP contribution in [0.15, 0.2) is 24.3 Å². The van der Waals surface area contributed by atoms with Gasteiger partial charge in [0.25, 0.3) is 10.1 Å². The number of nitriles is 1. The van der Waals surface area contributed by atoms with Gasteiger partial charge < -0.3 is 0 Å². The molecular formula is C14H20N2O5S2. The molecule has 1 N–H and O–H groups in total. The van der Waals surface area contributed by atoms with Gasteiger partial charge >= 0.3 is 0 Å². The van der Waals surface area contributed by atoms with Crippen LogP contribution in [0.2, 0.25) is 0 Å². The Hall–Kier alpha value is -1.47. The standard InChI is InChI=1S/C14H20N2O5S2/c1-22(17,18)21-10-9-16-23(19,20)11-3-2-4-13-5-7-14(12-15)8-6-13/h5-8,16H,2-4,9-11H2,1H3. The molecule has 0 spiro atoms. The minimum atomic E-state index is -3.55. The second-order valence-electron chi connectivity index (χ2n) is 5.01. The summed E-state index contributed by atoms with van der Waals surface area (Å²) < 4.78 is 51.6. The van der Waals surface area contributed by atoms with Crippen molar-refractivity contribution in [2.75, 3.05) is 25.2 Å². The van der Waals surface area contributed by atoms with E-state index in [-0.39, 0.29) is 18.9 Å². The number of benzene rings is 1. The lowest BCUT2D eigenvalue weighted by Crippen LogP contribution is -2.30. The van der Waals surface area contributed by atoms with Gasteiger partial charge in [-0.25, -0.2) is 13.1 Å². The van der Waals surface area contributed by atoms with Crippen molar-refractivity contribution in [3.05, 3.63) is 35.4 Å². The fourth-order valence-corrected chi connectivity index (χ4v) is 3.34. The van der Waals surface area contributed by atoms with Crippen molar-refractivity contribution >= 4 is 20.1 Å². The maximum atomic E-state index is 11.7. The number of nitrogens with one attached hydrogen (secondary N) is 1. The van der Waals surface area contributed by atoms with E-state index >= 15 is 0 Å². The Morgan fingerprint density at radius 3 is 2.35 bits per heavy atom. The molecule has 0 aromatic heterocycles. The van der Waals surface area contributed by atoms with Crippen molar-refractivity contribution in [3.63, 3.8) is 0 Å². The van der Waals surface area contributed by atoms with E-state index in [9.17, 15) is 16.8 Å². The molecule has 1 aromatic carbocycles. The molecule has 0 saturated carbocycles. The lowest BCUT2D eigenvalue weighted by molar-refractivity contribution is 0.326. The Balaban J connectivity index is 2.24. The topological polar surface area (TPSA) is 113 Å². The zero-order valence-corrected chi connectivity index (χ0v) is 14.5. The Labute approximate surface area is 137 Å². The second-order valence-corrected chi connectivity index (χ2v) is 8.58. The molecule has 0 unspecified atom stereocenters. The van der Waals surface area contributed by atoms with Crippen molar-refractivity contribution in [3.8, 4) is 6.07 Å². The van der Waals surface area contributed by atoms with Crippen LogP contribution >= 0.6 is 0 Å². The van der Waals surface area contributed by atoms with E-state index in [1.165, 1.54) is 0 Å². The summed E-state index contributed by atoms with van der Waals surface area (Å²) in [7, 11) is -6.99. The second kappa shape index (κ2) is 8.98. The molecule has 23 heavy (non-hydrogen) atoms. The molecule has 7 nitrogen and oxygen atoms in total. The lowest BCUT2D eigenvalue weighted by atomic mass is 10.1. The van der Waals surface area contributed by atoms with Gasteiger partial charge in [0.2, 0.25) is 10.0 Å². The highest BCUT2D eigenvalue weighted by molar-refractivity contribution is 7.89. The van der Waals surface area contributed by atoms with Crippen molar-refractivity contribution < 1.29 is 21.0 Å². The first-order valence-corrected chi connectivity index (χ1v) is 10.5. The van der Waals surface area contributed by atoms with E-state index in [1.54, 1.807) is 12.1 Å². The van der Waals surface area contributed by atoms with Gasteiger partial charge in [-0.2, -0.15) is 13.7 Å². The van der Waals surface area contributed by atoms with Crippen LogP contribution in [-0.2, 0) is 30.7 Å². The first kappa shape index (κ1) is 19.6. The Morgan fingerprint density at radius 1 is 1.13 bits per heavy atom. The number of rotatable bonds is 10. The van der Waals surface area contributed by atoms with Gasteiger partial charge in [-0.1, -0.05) is 12.1 Å². The predicted molar refractivity (Wildman–Crippen MR) is 86.7 cm³/mol. The quantitative estimate of drug-likeness (QED) is 0.487. The maximum absolute atomic E-state index is 11.7. The molecule has 0 atom stereocenters. The third-order valence-electron chi connectivity index (χ3n) is 2.93. The van der Waals surface area contributed by atoms with E-state index in [0.717, 1.165) is 18.2 Å². The third kappa shape index (κ3) is 9.30. The highest BCUT2D eigenvalue weighted by atomic mass is 32.2. The largest absolute Gasteiger partial charge is 0.269 e. The van der Waals surface area contributed by atoms with Gasteiger partial charge in [0.1, 0.15) is 0 Å². The average molecular weight is 360 g/mol. The van der Waals surface area contributed by atoms with Gasteiger partial charge in [-0.05, 0) is 37.0 Å². The van der Waals surface area contributed by atoms with Crippen molar-refractivity contribution in [1.29, 1.82) is 5.26 Å². The van der Waals surface area contributed by atoms with Crippen molar-refractivity contribution in [2.45, 2.75) is 19.3 Å². The predicted octanol–water partition coefficient (Wildman–Crippen LogP) is 0.777. The van der Waals surface area contributed by atoms with Crippen LogP contribution < -0.4 is 4.72 Å². The molecule has 0 aliphatic rings. The SMILES string of the molecule is CS(=O)(=O)OCCNS(=O)(=O)CCCCc1ccc(C#N)cc1. The van der Waals surface area contributed by atoms with Crippen LogP contribution in [0.1, 0.15) is 24.0 Å². The molecule has 0 bridgehead atoms. The molecule has 0 radical (unpaired) electrons.